The molecule has 0 saturated carbocycles. The van der Waals surface area contributed by atoms with Crippen LogP contribution in [0.25, 0.3) is 89.7 Å². The predicted octanol–water partition coefficient (Wildman–Crippen LogP) is 28.4. The van der Waals surface area contributed by atoms with Gasteiger partial charge in [0.2, 0.25) is 0 Å². The summed E-state index contributed by atoms with van der Waals surface area (Å²) in [6, 6.07) is 84.6. The molecule has 8 nitrogen and oxygen atoms in total. The lowest BCUT2D eigenvalue weighted by atomic mass is 9.87. The highest BCUT2D eigenvalue weighted by atomic mass is 15.1. The zero-order valence-electron chi connectivity index (χ0n) is 82.8. The maximum Gasteiger partial charge on any atom is 0.164 e. The van der Waals surface area contributed by atoms with E-state index in [-0.39, 0.29) is 43.3 Å². The number of nitrogens with zero attached hydrogens (tertiary/aromatic N) is 6. The summed E-state index contributed by atoms with van der Waals surface area (Å²) in [6.07, 6.45) is 0. The predicted molar refractivity (Wildman–Crippen MR) is 565 cm³/mol. The fourth-order valence-corrected chi connectivity index (χ4v) is 16.3. The van der Waals surface area contributed by atoms with E-state index in [4.69, 9.17) is 29.9 Å². The maximum absolute atomic E-state index is 5.79. The van der Waals surface area contributed by atoms with Gasteiger partial charge in [-0.15, -0.1) is 0 Å². The molecule has 5 heterocycles. The van der Waals surface area contributed by atoms with E-state index in [0.717, 1.165) is 44.5 Å². The molecule has 0 unspecified atom stereocenters. The van der Waals surface area contributed by atoms with Crippen LogP contribution in [0.4, 0.5) is 0 Å². The van der Waals surface area contributed by atoms with E-state index in [1.165, 1.54) is 44.5 Å². The molecule has 0 aliphatic carbocycles. The van der Waals surface area contributed by atoms with Gasteiger partial charge in [0.05, 0.1) is 0 Å². The number of rotatable bonds is 0. The molecule has 3 aromatic heterocycles. The molecule has 2 N–H and O–H groups in total. The SMILES string of the molecule is CC(C)(C)c1ccc(C#Cc2cc3c(cc2C#Cc2ccc(C(C)(C)C)cc2)-c2nc-3nc3[nH]c(nc4nc(nc5[nH]c(n2)c2cc(C#Cc6ccc(C(C)(C)C)cc6)c(C#Cc6ccc(C(C)(C)C)cc6)cc52)-c2cc(C#Cc5ccc(C(C)(C)C)cc5)c(C#Cc5ccc(C(C)(C)C)cc5)cc2-4)c2cc(C#Cc4ccc(C(C)(C)C)cc4)c(C#Cc4ccc(C(C)(C)C)cc4)cc32)cc1. The molecule has 2 aliphatic heterocycles. The minimum atomic E-state index is -0.0628. The molecule has 0 saturated heterocycles. The second kappa shape index (κ2) is 35.8. The third-order valence-corrected chi connectivity index (χ3v) is 25.1. The van der Waals surface area contributed by atoms with E-state index in [9.17, 15) is 0 Å². The fraction of sp³-hybridized carbons (Fsp3) is 0.250. The minimum Gasteiger partial charge on any atom is -0.324 e. The molecule has 17 rings (SSSR count). The van der Waals surface area contributed by atoms with Crippen LogP contribution in [0.3, 0.4) is 0 Å². The summed E-state index contributed by atoms with van der Waals surface area (Å²) in [6.45, 7) is 53.3. The molecule has 8 bridgehead atoms. The summed E-state index contributed by atoms with van der Waals surface area (Å²) in [5.41, 5.74) is 25.8. The third kappa shape index (κ3) is 20.8. The molecular formula is C128H114N8. The van der Waals surface area contributed by atoms with Crippen molar-refractivity contribution in [3.8, 4) is 140 Å². The van der Waals surface area contributed by atoms with Crippen LogP contribution in [-0.2, 0) is 43.3 Å². The van der Waals surface area contributed by atoms with Crippen molar-refractivity contribution in [3.63, 3.8) is 0 Å². The Morgan fingerprint density at radius 1 is 0.154 bits per heavy atom. The molecule has 0 atom stereocenters. The normalized spacial score (nSPS) is 11.9. The van der Waals surface area contributed by atoms with Gasteiger partial charge in [-0.3, -0.25) is 0 Å². The Labute approximate surface area is 804 Å². The number of benzene rings is 12. The number of H-pyrrole nitrogens is 2. The Hall–Kier alpha value is -15.5. The first-order valence-electron chi connectivity index (χ1n) is 46.9. The van der Waals surface area contributed by atoms with Gasteiger partial charge in [-0.25, -0.2) is 29.9 Å². The largest absolute Gasteiger partial charge is 0.324 e. The molecule has 0 amide bonds. The van der Waals surface area contributed by atoms with Crippen molar-refractivity contribution < 1.29 is 0 Å². The first-order valence-corrected chi connectivity index (χ1v) is 46.9. The smallest absolute Gasteiger partial charge is 0.164 e. The average molecular weight is 1760 g/mol. The molecule has 0 radical (unpaired) electrons. The summed E-state index contributed by atoms with van der Waals surface area (Å²) in [5.74, 6) is 59.1. The number of aromatic amines is 2. The van der Waals surface area contributed by atoms with E-state index in [1.807, 2.05) is 0 Å². The van der Waals surface area contributed by atoms with Crippen LogP contribution in [0, 0.1) is 94.7 Å². The van der Waals surface area contributed by atoms with Crippen molar-refractivity contribution in [3.05, 3.63) is 376 Å². The zero-order valence-corrected chi connectivity index (χ0v) is 82.8. The van der Waals surface area contributed by atoms with Gasteiger partial charge in [0.1, 0.15) is 22.6 Å². The monoisotopic (exact) mass is 1760 g/mol. The summed E-state index contributed by atoms with van der Waals surface area (Å²) in [4.78, 5) is 42.1. The van der Waals surface area contributed by atoms with Crippen LogP contribution in [0.15, 0.2) is 243 Å². The summed E-state index contributed by atoms with van der Waals surface area (Å²) in [5, 5.41) is 2.78. The highest BCUT2D eigenvalue weighted by molar-refractivity contribution is 6.08. The molecule has 2 aliphatic rings. The van der Waals surface area contributed by atoms with Gasteiger partial charge >= 0.3 is 0 Å². The van der Waals surface area contributed by atoms with E-state index >= 15 is 0 Å². The molecule has 136 heavy (non-hydrogen) atoms. The number of nitrogens with one attached hydrogen (secondary N) is 2. The van der Waals surface area contributed by atoms with Crippen molar-refractivity contribution in [2.75, 3.05) is 0 Å². The molecule has 12 aromatic carbocycles. The highest BCUT2D eigenvalue weighted by Gasteiger charge is 2.29. The average Bonchev–Trinajstić information content (AvgIpc) is 1.59. The van der Waals surface area contributed by atoms with Crippen LogP contribution >= 0.6 is 0 Å². The first-order chi connectivity index (χ1) is 64.3. The lowest BCUT2D eigenvalue weighted by Gasteiger charge is -2.18. The van der Waals surface area contributed by atoms with Crippen molar-refractivity contribution in [2.24, 2.45) is 0 Å². The first kappa shape index (κ1) is 92.3. The lowest BCUT2D eigenvalue weighted by molar-refractivity contribution is 0.590. The Balaban J connectivity index is 1.01. The van der Waals surface area contributed by atoms with E-state index in [2.05, 4.69) is 514 Å². The topological polar surface area (TPSA) is 109 Å². The fourth-order valence-electron chi connectivity index (χ4n) is 16.3. The van der Waals surface area contributed by atoms with Crippen molar-refractivity contribution >= 4 is 44.1 Å². The third-order valence-electron chi connectivity index (χ3n) is 25.1. The summed E-state index contributed by atoms with van der Waals surface area (Å²) in [7, 11) is 0. The van der Waals surface area contributed by atoms with Crippen LogP contribution in [0.2, 0.25) is 0 Å². The van der Waals surface area contributed by atoms with Crippen molar-refractivity contribution in [2.45, 2.75) is 209 Å². The number of hydrogen-bond donors (Lipinski definition) is 2. The Kier molecular flexibility index (Phi) is 24.3. The Morgan fingerprint density at radius 2 is 0.279 bits per heavy atom. The zero-order chi connectivity index (χ0) is 96.3. The molecular weight excluding hydrogens is 1650 g/mol. The van der Waals surface area contributed by atoms with Crippen molar-refractivity contribution in [1.82, 2.24) is 39.9 Å². The van der Waals surface area contributed by atoms with Gasteiger partial charge in [0, 0.05) is 133 Å². The molecule has 15 aromatic rings. The van der Waals surface area contributed by atoms with Gasteiger partial charge < -0.3 is 9.97 Å². The van der Waals surface area contributed by atoms with Crippen LogP contribution < -0.4 is 0 Å². The molecule has 666 valence electrons. The Morgan fingerprint density at radius 3 is 0.404 bits per heavy atom. The standard InChI is InChI=1S/C128H114N8/c1-121(2,3)97-57-33-81(34-58-97)25-49-89-73-105-106(74-90(89)50-26-82-35-59-98(60-36-82)122(4,5)6)114-129-113(105)133-115-107-75-91(51-27-83-37-61-99(62-38-83)123(7,8)9)92(52-28-84-39-63-100(64-40-84)124(10,11)12)76-108(107)117(130-115)135-119-111-79-95(55-31-87-45-69-103(70-46-87)127(19,20)21)96(56-32-88-47-71-104(72-48-88)128(22,23)24)80-112(111)120(132-119)136-118-110-78-94(54-30-86-43-67-102(68-44-86)126(16,17)18)93(77-109(110)116(131-118)134-114)53-29-85-41-65-101(66-42-85)125(13,14)15/h33-48,57-80H,1-24H3,(H2,129,130,131,132,133,134,135,136). The lowest BCUT2D eigenvalue weighted by Crippen LogP contribution is -2.10. The van der Waals surface area contributed by atoms with Crippen LogP contribution in [0.1, 0.15) is 300 Å². The Bertz CT molecular complexity index is 7120. The summed E-state index contributed by atoms with van der Waals surface area (Å²) < 4.78 is 0. The van der Waals surface area contributed by atoms with Gasteiger partial charge in [-0.1, -0.05) is 358 Å². The highest BCUT2D eigenvalue weighted by Crippen LogP contribution is 2.42. The van der Waals surface area contributed by atoms with Gasteiger partial charge in [-0.2, -0.15) is 0 Å². The van der Waals surface area contributed by atoms with Crippen LogP contribution in [0.5, 0.6) is 0 Å². The molecule has 8 heteroatoms. The van der Waals surface area contributed by atoms with E-state index in [0.29, 0.717) is 134 Å². The quantitative estimate of drug-likeness (QED) is 0.146. The number of hydrogen-bond acceptors (Lipinski definition) is 6. The van der Waals surface area contributed by atoms with E-state index in [1.54, 1.807) is 0 Å². The second-order valence-corrected chi connectivity index (χ2v) is 44.0. The maximum atomic E-state index is 5.79. The van der Waals surface area contributed by atoms with E-state index < -0.39 is 0 Å². The number of fused-ring (bicyclic) bond motifs is 20. The van der Waals surface area contributed by atoms with Gasteiger partial charge in [0.15, 0.2) is 23.3 Å². The minimum absolute atomic E-state index is 0.0626. The summed E-state index contributed by atoms with van der Waals surface area (Å²) >= 11 is 0. The molecule has 0 fully saturated rings. The molecule has 0 spiro atoms. The number of aromatic nitrogens is 8. The van der Waals surface area contributed by atoms with Gasteiger partial charge in [0.25, 0.3) is 0 Å². The van der Waals surface area contributed by atoms with Gasteiger partial charge in [-0.05, 0) is 233 Å². The van der Waals surface area contributed by atoms with Crippen molar-refractivity contribution in [1.29, 1.82) is 0 Å². The van der Waals surface area contributed by atoms with Crippen LogP contribution in [-0.4, -0.2) is 39.9 Å². The second-order valence-electron chi connectivity index (χ2n) is 44.0.